The van der Waals surface area contributed by atoms with Gasteiger partial charge in [-0.2, -0.15) is 0 Å². The molecular formula is C23H40Cl3N3O2. The van der Waals surface area contributed by atoms with E-state index in [2.05, 4.69) is 16.0 Å². The van der Waals surface area contributed by atoms with Crippen molar-refractivity contribution in [3.05, 3.63) is 34.3 Å². The molecule has 0 spiro atoms. The molecule has 8 heteroatoms. The molecule has 180 valence electrons. The van der Waals surface area contributed by atoms with Gasteiger partial charge in [-0.05, 0) is 48.3 Å². The van der Waals surface area contributed by atoms with E-state index in [4.69, 9.17) is 16.7 Å². The van der Waals surface area contributed by atoms with E-state index in [9.17, 15) is 4.79 Å². The number of carbonyl (C=O) groups excluding carboxylic acids is 1. The summed E-state index contributed by atoms with van der Waals surface area (Å²) in [6, 6.07) is 5.67. The zero-order valence-corrected chi connectivity index (χ0v) is 19.9. The number of hydrogen-bond donors (Lipinski definition) is 4. The number of halogens is 3. The van der Waals surface area contributed by atoms with E-state index in [1.165, 1.54) is 44.9 Å². The van der Waals surface area contributed by atoms with Crippen molar-refractivity contribution in [2.24, 2.45) is 11.3 Å². The maximum Gasteiger partial charge on any atom is 0.252 e. The minimum atomic E-state index is -0.0569. The van der Waals surface area contributed by atoms with Crippen molar-refractivity contribution >= 4 is 42.3 Å². The largest absolute Gasteiger partial charge is 0.395 e. The van der Waals surface area contributed by atoms with Crippen LogP contribution in [-0.4, -0.2) is 43.8 Å². The Kier molecular flexibility index (Phi) is 15.0. The molecule has 4 N–H and O–H groups in total. The fourth-order valence-corrected chi connectivity index (χ4v) is 5.11. The summed E-state index contributed by atoms with van der Waals surface area (Å²) in [6.45, 7) is 3.81. The molecule has 0 aliphatic heterocycles. The average molecular weight is 497 g/mol. The van der Waals surface area contributed by atoms with Gasteiger partial charge in [-0.3, -0.25) is 4.79 Å². The first-order valence-corrected chi connectivity index (χ1v) is 11.1. The van der Waals surface area contributed by atoms with E-state index in [0.29, 0.717) is 29.1 Å². The van der Waals surface area contributed by atoms with E-state index in [1.54, 1.807) is 0 Å². The second kappa shape index (κ2) is 15.3. The van der Waals surface area contributed by atoms with Crippen LogP contribution in [0.2, 0.25) is 5.02 Å². The second-order valence-corrected chi connectivity index (χ2v) is 8.91. The van der Waals surface area contributed by atoms with Crippen LogP contribution in [0.5, 0.6) is 0 Å². The van der Waals surface area contributed by atoms with Gasteiger partial charge < -0.3 is 21.1 Å². The number of carbonyl (C=O) groups is 1. The highest BCUT2D eigenvalue weighted by atomic mass is 35.5. The molecule has 2 aliphatic carbocycles. The minimum Gasteiger partial charge on any atom is -0.395 e. The number of amides is 1. The highest BCUT2D eigenvalue weighted by Crippen LogP contribution is 2.48. The van der Waals surface area contributed by atoms with Gasteiger partial charge in [-0.15, -0.1) is 24.8 Å². The number of rotatable bonds is 10. The number of aliphatic hydroxyl groups is 1. The summed E-state index contributed by atoms with van der Waals surface area (Å²) in [4.78, 5) is 12.8. The van der Waals surface area contributed by atoms with Crippen LogP contribution in [-0.2, 0) is 6.54 Å². The number of aliphatic hydroxyl groups excluding tert-OH is 1. The Balaban J connectivity index is 0.00000300. The Hall–Kier alpha value is -0.560. The Labute approximate surface area is 205 Å². The molecule has 3 rings (SSSR count). The van der Waals surface area contributed by atoms with E-state index in [-0.39, 0.29) is 44.8 Å². The molecule has 0 heterocycles. The molecule has 2 bridgehead atoms. The zero-order valence-electron chi connectivity index (χ0n) is 17.6. The van der Waals surface area contributed by atoms with Crippen molar-refractivity contribution in [3.8, 4) is 0 Å². The van der Waals surface area contributed by atoms with Gasteiger partial charge in [0.1, 0.15) is 0 Å². The van der Waals surface area contributed by atoms with Crippen LogP contribution in [0, 0.1) is 11.3 Å². The highest BCUT2D eigenvalue weighted by molar-refractivity contribution is 6.33. The van der Waals surface area contributed by atoms with Crippen LogP contribution in [0.15, 0.2) is 18.2 Å². The van der Waals surface area contributed by atoms with Crippen LogP contribution < -0.4 is 16.0 Å². The Morgan fingerprint density at radius 1 is 1.10 bits per heavy atom. The third-order valence-corrected chi connectivity index (χ3v) is 6.69. The summed E-state index contributed by atoms with van der Waals surface area (Å²) in [5.41, 5.74) is 1.92. The lowest BCUT2D eigenvalue weighted by Crippen LogP contribution is -2.43. The lowest BCUT2D eigenvalue weighted by molar-refractivity contribution is 0.0681. The number of benzene rings is 1. The number of nitrogens with one attached hydrogen (secondary N) is 3. The van der Waals surface area contributed by atoms with Crippen molar-refractivity contribution in [1.82, 2.24) is 16.0 Å². The summed E-state index contributed by atoms with van der Waals surface area (Å²) < 4.78 is 0. The Morgan fingerprint density at radius 3 is 2.45 bits per heavy atom. The van der Waals surface area contributed by atoms with Crippen molar-refractivity contribution in [2.75, 3.05) is 32.8 Å². The summed E-state index contributed by atoms with van der Waals surface area (Å²) in [5.74, 6) is 0.808. The number of hydrogen-bond acceptors (Lipinski definition) is 4. The molecule has 2 fully saturated rings. The van der Waals surface area contributed by atoms with Gasteiger partial charge in [-0.25, -0.2) is 0 Å². The van der Waals surface area contributed by atoms with E-state index >= 15 is 0 Å². The molecule has 0 radical (unpaired) electrons. The molecule has 2 saturated carbocycles. The van der Waals surface area contributed by atoms with E-state index in [1.807, 2.05) is 18.2 Å². The minimum absolute atomic E-state index is 0. The van der Waals surface area contributed by atoms with Gasteiger partial charge in [0.05, 0.1) is 17.2 Å². The summed E-state index contributed by atoms with van der Waals surface area (Å²) in [7, 11) is 0. The van der Waals surface area contributed by atoms with Gasteiger partial charge in [0, 0.05) is 32.7 Å². The van der Waals surface area contributed by atoms with Crippen LogP contribution in [0.3, 0.4) is 0 Å². The van der Waals surface area contributed by atoms with Gasteiger partial charge in [0.15, 0.2) is 0 Å². The predicted molar refractivity (Wildman–Crippen MR) is 135 cm³/mol. The van der Waals surface area contributed by atoms with Crippen molar-refractivity contribution in [1.29, 1.82) is 0 Å². The van der Waals surface area contributed by atoms with E-state index < -0.39 is 0 Å². The molecule has 0 unspecified atom stereocenters. The molecule has 0 aromatic heterocycles. The predicted octanol–water partition coefficient (Wildman–Crippen LogP) is 4.58. The van der Waals surface area contributed by atoms with Crippen LogP contribution >= 0.6 is 36.4 Å². The number of fused-ring (bicyclic) bond motifs is 2. The summed E-state index contributed by atoms with van der Waals surface area (Å²) in [5, 5.41) is 18.9. The molecule has 31 heavy (non-hydrogen) atoms. The third kappa shape index (κ3) is 9.07. The normalized spacial score (nSPS) is 21.8. The molecule has 2 aliphatic rings. The van der Waals surface area contributed by atoms with Crippen LogP contribution in [0.25, 0.3) is 0 Å². The molecule has 0 saturated heterocycles. The fourth-order valence-electron chi connectivity index (χ4n) is 4.90. The van der Waals surface area contributed by atoms with Gasteiger partial charge in [-0.1, -0.05) is 50.8 Å². The summed E-state index contributed by atoms with van der Waals surface area (Å²) >= 11 is 6.32. The van der Waals surface area contributed by atoms with Gasteiger partial charge in [0.25, 0.3) is 5.91 Å². The van der Waals surface area contributed by atoms with E-state index in [0.717, 1.165) is 31.1 Å². The van der Waals surface area contributed by atoms with Crippen molar-refractivity contribution < 1.29 is 9.90 Å². The molecule has 5 nitrogen and oxygen atoms in total. The molecule has 1 amide bonds. The molecular weight excluding hydrogens is 457 g/mol. The first kappa shape index (κ1) is 30.4. The Morgan fingerprint density at radius 2 is 1.77 bits per heavy atom. The second-order valence-electron chi connectivity index (χ2n) is 8.50. The van der Waals surface area contributed by atoms with Crippen LogP contribution in [0.1, 0.15) is 68.3 Å². The quantitative estimate of drug-likeness (QED) is 0.358. The fraction of sp³-hybridized carbons (Fsp3) is 0.696. The standard InChI is InChI=1S/C22H34ClN3O2.CH4.2ClH/c23-20-6-5-18(15-25-10-9-24-11-12-27)13-19(20)21(28)26-16-22-7-1-3-17(14-22)4-2-8-22;;;/h5-6,13,17,24-25,27H,1-4,7-12,14-16H2,(H,26,28);1H4;2*1H. The first-order chi connectivity index (χ1) is 13.6. The molecule has 1 aromatic rings. The molecule has 0 atom stereocenters. The maximum atomic E-state index is 12.8. The van der Waals surface area contributed by atoms with Crippen LogP contribution in [0.4, 0.5) is 0 Å². The maximum absolute atomic E-state index is 12.8. The highest BCUT2D eigenvalue weighted by Gasteiger charge is 2.39. The first-order valence-electron chi connectivity index (χ1n) is 10.7. The SMILES string of the molecule is C.Cl.Cl.O=C(NCC12CCCC(CCC1)C2)c1cc(CNCCNCCO)ccc1Cl. The zero-order chi connectivity index (χ0) is 19.8. The smallest absolute Gasteiger partial charge is 0.252 e. The topological polar surface area (TPSA) is 73.4 Å². The lowest BCUT2D eigenvalue weighted by Gasteiger charge is -2.45. The monoisotopic (exact) mass is 495 g/mol. The average Bonchev–Trinajstić information content (AvgIpc) is 2.70. The van der Waals surface area contributed by atoms with Gasteiger partial charge >= 0.3 is 0 Å². The summed E-state index contributed by atoms with van der Waals surface area (Å²) in [6.07, 6.45) is 9.09. The lowest BCUT2D eigenvalue weighted by atomic mass is 9.62. The third-order valence-electron chi connectivity index (χ3n) is 6.36. The molecule has 1 aromatic carbocycles. The van der Waals surface area contributed by atoms with Crippen molar-refractivity contribution in [2.45, 2.75) is 58.9 Å². The Bertz CT molecular complexity index is 651. The van der Waals surface area contributed by atoms with Crippen molar-refractivity contribution in [3.63, 3.8) is 0 Å². The van der Waals surface area contributed by atoms with Gasteiger partial charge in [0.2, 0.25) is 0 Å².